The molecular weight excluding hydrogens is 358 g/mol. The maximum atomic E-state index is 11.4. The zero-order chi connectivity index (χ0) is 20.6. The summed E-state index contributed by atoms with van der Waals surface area (Å²) in [6.07, 6.45) is 3.33. The predicted octanol–water partition coefficient (Wildman–Crippen LogP) is 2.42. The van der Waals surface area contributed by atoms with Crippen LogP contribution in [0.3, 0.4) is 0 Å². The summed E-state index contributed by atoms with van der Waals surface area (Å²) in [5.74, 6) is 0.0954. The molecule has 1 atom stereocenters. The molecule has 0 saturated heterocycles. The van der Waals surface area contributed by atoms with Crippen LogP contribution < -0.4 is 15.8 Å². The fourth-order valence-corrected chi connectivity index (χ4v) is 2.42. The van der Waals surface area contributed by atoms with Crippen molar-refractivity contribution in [2.75, 3.05) is 25.0 Å². The quantitative estimate of drug-likeness (QED) is 0.344. The minimum absolute atomic E-state index is 0.106. The summed E-state index contributed by atoms with van der Waals surface area (Å²) < 4.78 is 5.65. The molecule has 4 N–H and O–H groups in total. The van der Waals surface area contributed by atoms with Gasteiger partial charge in [-0.3, -0.25) is 9.79 Å². The molecule has 0 bridgehead atoms. The minimum Gasteiger partial charge on any atom is -0.493 e. The Morgan fingerprint density at radius 1 is 1.25 bits per heavy atom. The van der Waals surface area contributed by atoms with Crippen molar-refractivity contribution in [2.45, 2.75) is 20.8 Å². The monoisotopic (exact) mass is 385 g/mol. The van der Waals surface area contributed by atoms with E-state index in [-0.39, 0.29) is 12.0 Å². The van der Waals surface area contributed by atoms with Gasteiger partial charge in [-0.2, -0.15) is 0 Å². The maximum absolute atomic E-state index is 11.4. The molecule has 0 saturated carbocycles. The lowest BCUT2D eigenvalue weighted by Crippen LogP contribution is -2.33. The number of rotatable bonds is 9. The van der Waals surface area contributed by atoms with Crippen LogP contribution in [0.4, 0.5) is 5.95 Å². The standard InChI is InChI=1S/C20H27N5O3/c1-20(2,3)16(18(26)27)13-28-15-7-5-14(6-8-15)17(21)22-11-12-25-19-23-9-4-10-24-19/h4-10,16H,11-13H2,1-3H3,(H2,21,22)(H,26,27)(H,23,24,25)/t16-/m1/s1. The van der Waals surface area contributed by atoms with E-state index in [9.17, 15) is 9.90 Å². The number of carboxylic acids is 1. The van der Waals surface area contributed by atoms with E-state index in [1.165, 1.54) is 0 Å². The summed E-state index contributed by atoms with van der Waals surface area (Å²) in [5, 5.41) is 12.4. The van der Waals surface area contributed by atoms with Gasteiger partial charge in [-0.15, -0.1) is 0 Å². The Bertz CT molecular complexity index is 786. The third-order valence-electron chi connectivity index (χ3n) is 4.15. The van der Waals surface area contributed by atoms with Gasteiger partial charge < -0.3 is 20.9 Å². The number of aliphatic imine (C=N–C) groups is 1. The average Bonchev–Trinajstić information content (AvgIpc) is 2.65. The van der Waals surface area contributed by atoms with Crippen molar-refractivity contribution in [3.8, 4) is 5.75 Å². The van der Waals surface area contributed by atoms with E-state index in [2.05, 4.69) is 20.3 Å². The van der Waals surface area contributed by atoms with Gasteiger partial charge in [0.25, 0.3) is 0 Å². The summed E-state index contributed by atoms with van der Waals surface area (Å²) in [5.41, 5.74) is 6.40. The van der Waals surface area contributed by atoms with E-state index < -0.39 is 11.9 Å². The summed E-state index contributed by atoms with van der Waals surface area (Å²) in [6, 6.07) is 8.87. The molecule has 8 heteroatoms. The van der Waals surface area contributed by atoms with Crippen LogP contribution >= 0.6 is 0 Å². The van der Waals surface area contributed by atoms with Gasteiger partial charge in [-0.1, -0.05) is 20.8 Å². The predicted molar refractivity (Wildman–Crippen MR) is 109 cm³/mol. The number of aliphatic carboxylic acids is 1. The molecule has 150 valence electrons. The van der Waals surface area contributed by atoms with Crippen LogP contribution in [-0.4, -0.2) is 46.6 Å². The number of aromatic nitrogens is 2. The smallest absolute Gasteiger partial charge is 0.310 e. The molecule has 0 unspecified atom stereocenters. The Morgan fingerprint density at radius 2 is 1.89 bits per heavy atom. The van der Waals surface area contributed by atoms with Crippen LogP contribution in [0.2, 0.25) is 0 Å². The van der Waals surface area contributed by atoms with Crippen molar-refractivity contribution >= 4 is 17.8 Å². The lowest BCUT2D eigenvalue weighted by atomic mass is 9.81. The molecule has 0 aliphatic heterocycles. The van der Waals surface area contributed by atoms with Crippen LogP contribution in [0, 0.1) is 11.3 Å². The second-order valence-electron chi connectivity index (χ2n) is 7.36. The molecule has 28 heavy (non-hydrogen) atoms. The lowest BCUT2D eigenvalue weighted by Gasteiger charge is -2.26. The Morgan fingerprint density at radius 3 is 2.46 bits per heavy atom. The van der Waals surface area contributed by atoms with Crippen molar-refractivity contribution < 1.29 is 14.6 Å². The van der Waals surface area contributed by atoms with Gasteiger partial charge >= 0.3 is 5.97 Å². The molecule has 0 aliphatic rings. The van der Waals surface area contributed by atoms with E-state index in [1.54, 1.807) is 42.7 Å². The summed E-state index contributed by atoms with van der Waals surface area (Å²) >= 11 is 0. The molecule has 2 rings (SSSR count). The van der Waals surface area contributed by atoms with Gasteiger partial charge in [0.2, 0.25) is 5.95 Å². The van der Waals surface area contributed by atoms with Gasteiger partial charge in [-0.25, -0.2) is 9.97 Å². The first-order valence-corrected chi connectivity index (χ1v) is 9.04. The van der Waals surface area contributed by atoms with Crippen LogP contribution in [0.1, 0.15) is 26.3 Å². The van der Waals surface area contributed by atoms with E-state index in [0.717, 1.165) is 5.56 Å². The van der Waals surface area contributed by atoms with Crippen LogP contribution in [0.25, 0.3) is 0 Å². The molecule has 1 aromatic heterocycles. The van der Waals surface area contributed by atoms with E-state index in [0.29, 0.717) is 30.6 Å². The van der Waals surface area contributed by atoms with Crippen molar-refractivity contribution in [2.24, 2.45) is 22.1 Å². The van der Waals surface area contributed by atoms with Gasteiger partial charge in [0.1, 0.15) is 18.2 Å². The van der Waals surface area contributed by atoms with Crippen molar-refractivity contribution in [1.29, 1.82) is 0 Å². The Kier molecular flexibility index (Phi) is 7.31. The van der Waals surface area contributed by atoms with E-state index in [1.807, 2.05) is 20.8 Å². The van der Waals surface area contributed by atoms with Crippen molar-refractivity contribution in [3.05, 3.63) is 48.3 Å². The highest BCUT2D eigenvalue weighted by molar-refractivity contribution is 5.97. The zero-order valence-corrected chi connectivity index (χ0v) is 16.4. The normalized spacial score (nSPS) is 13.0. The van der Waals surface area contributed by atoms with Crippen LogP contribution in [-0.2, 0) is 4.79 Å². The first-order chi connectivity index (χ1) is 13.3. The van der Waals surface area contributed by atoms with Gasteiger partial charge in [0.15, 0.2) is 0 Å². The molecule has 2 aromatic rings. The summed E-state index contributed by atoms with van der Waals surface area (Å²) in [6.45, 7) is 6.80. The molecule has 1 heterocycles. The average molecular weight is 385 g/mol. The number of amidine groups is 1. The summed E-state index contributed by atoms with van der Waals surface area (Å²) in [4.78, 5) is 23.9. The molecule has 0 amide bonds. The zero-order valence-electron chi connectivity index (χ0n) is 16.4. The van der Waals surface area contributed by atoms with Crippen molar-refractivity contribution in [3.63, 3.8) is 0 Å². The number of hydrogen-bond acceptors (Lipinski definition) is 6. The Balaban J connectivity index is 1.86. The fraction of sp³-hybridized carbons (Fsp3) is 0.400. The highest BCUT2D eigenvalue weighted by Gasteiger charge is 2.31. The number of ether oxygens (including phenoxy) is 1. The summed E-state index contributed by atoms with van der Waals surface area (Å²) in [7, 11) is 0. The first kappa shape index (κ1) is 21.1. The Hall–Kier alpha value is -3.16. The molecule has 8 nitrogen and oxygen atoms in total. The number of carboxylic acid groups (broad SMARTS) is 1. The number of nitrogens with two attached hydrogens (primary N) is 1. The maximum Gasteiger partial charge on any atom is 0.310 e. The number of anilines is 1. The number of nitrogens with zero attached hydrogens (tertiary/aromatic N) is 3. The Labute approximate surface area is 164 Å². The minimum atomic E-state index is -0.866. The number of hydrogen-bond donors (Lipinski definition) is 3. The highest BCUT2D eigenvalue weighted by Crippen LogP contribution is 2.27. The van der Waals surface area contributed by atoms with E-state index >= 15 is 0 Å². The molecule has 0 radical (unpaired) electrons. The first-order valence-electron chi connectivity index (χ1n) is 9.04. The molecule has 0 aliphatic carbocycles. The SMILES string of the molecule is CC(C)(C)[C@H](COc1ccc(C(N)=NCCNc2ncccn2)cc1)C(=O)O. The van der Waals surface area contributed by atoms with Gasteiger partial charge in [0, 0.05) is 24.5 Å². The number of benzene rings is 1. The van der Waals surface area contributed by atoms with Crippen LogP contribution in [0.5, 0.6) is 5.75 Å². The van der Waals surface area contributed by atoms with Gasteiger partial charge in [-0.05, 0) is 35.7 Å². The molecule has 0 spiro atoms. The number of nitrogens with one attached hydrogen (secondary N) is 1. The third-order valence-corrected chi connectivity index (χ3v) is 4.15. The third kappa shape index (κ3) is 6.53. The fourth-order valence-electron chi connectivity index (χ4n) is 2.42. The highest BCUT2D eigenvalue weighted by atomic mass is 16.5. The molecule has 1 aromatic carbocycles. The second-order valence-corrected chi connectivity index (χ2v) is 7.36. The largest absolute Gasteiger partial charge is 0.493 e. The molecule has 0 fully saturated rings. The van der Waals surface area contributed by atoms with Gasteiger partial charge in [0.05, 0.1) is 12.5 Å². The molecular formula is C20H27N5O3. The lowest BCUT2D eigenvalue weighted by molar-refractivity contribution is -0.146. The topological polar surface area (TPSA) is 123 Å². The van der Waals surface area contributed by atoms with Crippen molar-refractivity contribution in [1.82, 2.24) is 9.97 Å². The van der Waals surface area contributed by atoms with Crippen LogP contribution in [0.15, 0.2) is 47.7 Å². The van der Waals surface area contributed by atoms with E-state index in [4.69, 9.17) is 10.5 Å². The second kappa shape index (κ2) is 9.68. The number of carbonyl (C=O) groups is 1.